The first kappa shape index (κ1) is 31.1. The number of nitrogens with zero attached hydrogens (tertiary/aromatic N) is 2. The third-order valence-electron chi connectivity index (χ3n) is 8.55. The molecule has 0 saturated carbocycles. The quantitative estimate of drug-likeness (QED) is 0.176. The van der Waals surface area contributed by atoms with Crippen LogP contribution >= 0.6 is 0 Å². The topological polar surface area (TPSA) is 52.6 Å². The average Bonchev–Trinajstić information content (AvgIpc) is 3.00. The molecule has 6 heteroatoms. The van der Waals surface area contributed by atoms with Crippen molar-refractivity contribution in [2.24, 2.45) is 0 Å². The maximum Gasteiger partial charge on any atom is 0.338 e. The van der Waals surface area contributed by atoms with Gasteiger partial charge in [-0.05, 0) is 51.0 Å². The lowest BCUT2D eigenvalue weighted by atomic mass is 9.87. The number of benzene rings is 3. The molecule has 0 radical (unpaired) electrons. The summed E-state index contributed by atoms with van der Waals surface area (Å²) in [6, 6.07) is 22.9. The molecule has 0 N–H and O–H groups in total. The lowest BCUT2D eigenvalue weighted by Crippen LogP contribution is -2.46. The molecule has 214 valence electrons. The number of rotatable bonds is 14. The molecule has 0 heterocycles. The molecule has 0 unspecified atom stereocenters. The van der Waals surface area contributed by atoms with Gasteiger partial charge in [0.05, 0.1) is 51.4 Å². The highest BCUT2D eigenvalue weighted by molar-refractivity contribution is 6.08. The Hall–Kier alpha value is -3.48. The van der Waals surface area contributed by atoms with Crippen molar-refractivity contribution >= 4 is 11.9 Å². The molecule has 3 aromatic rings. The molecular weight excluding hydrogens is 500 g/mol. The van der Waals surface area contributed by atoms with Crippen LogP contribution in [0, 0.1) is 0 Å². The second-order valence-corrected chi connectivity index (χ2v) is 10.9. The summed E-state index contributed by atoms with van der Waals surface area (Å²) < 4.78 is 13.3. The van der Waals surface area contributed by atoms with Crippen molar-refractivity contribution in [2.75, 3.05) is 66.6 Å². The number of quaternary nitrogens is 2. The van der Waals surface area contributed by atoms with Gasteiger partial charge in [-0.15, -0.1) is 0 Å². The molecule has 0 aliphatic rings. The van der Waals surface area contributed by atoms with Gasteiger partial charge in [-0.25, -0.2) is 9.59 Å². The van der Waals surface area contributed by atoms with E-state index in [0.29, 0.717) is 35.5 Å². The summed E-state index contributed by atoms with van der Waals surface area (Å²) in [5.41, 5.74) is 3.91. The standard InChI is InChI=1S/C34H46N2O4/c1-7-35(5,8-2)23-25-39-33(37)29-21-22-30(34(38)40-26-24-36(6,9-3)10-4)32(28-19-15-12-16-20-28)31(29)27-17-13-11-14-18-27/h11-22H,7-10,23-26H2,1-6H3/q+2. The van der Waals surface area contributed by atoms with Gasteiger partial charge in [-0.2, -0.15) is 0 Å². The second kappa shape index (κ2) is 14.2. The largest absolute Gasteiger partial charge is 0.456 e. The van der Waals surface area contributed by atoms with Crippen LogP contribution < -0.4 is 0 Å². The van der Waals surface area contributed by atoms with Gasteiger partial charge < -0.3 is 18.4 Å². The highest BCUT2D eigenvalue weighted by atomic mass is 16.5. The molecule has 3 rings (SSSR count). The lowest BCUT2D eigenvalue weighted by Gasteiger charge is -2.31. The van der Waals surface area contributed by atoms with Crippen molar-refractivity contribution in [1.29, 1.82) is 0 Å². The van der Waals surface area contributed by atoms with E-state index in [1.54, 1.807) is 12.1 Å². The van der Waals surface area contributed by atoms with E-state index >= 15 is 0 Å². The van der Waals surface area contributed by atoms with Gasteiger partial charge >= 0.3 is 11.9 Å². The van der Waals surface area contributed by atoms with Crippen LogP contribution in [0.2, 0.25) is 0 Å². The first-order valence-electron chi connectivity index (χ1n) is 14.5. The predicted molar refractivity (Wildman–Crippen MR) is 162 cm³/mol. The van der Waals surface area contributed by atoms with Crippen LogP contribution in [-0.2, 0) is 9.47 Å². The Morgan fingerprint density at radius 3 is 1.18 bits per heavy atom. The van der Waals surface area contributed by atoms with Crippen LogP contribution in [0.1, 0.15) is 48.4 Å². The first-order valence-corrected chi connectivity index (χ1v) is 14.5. The highest BCUT2D eigenvalue weighted by Gasteiger charge is 2.26. The monoisotopic (exact) mass is 546 g/mol. The second-order valence-electron chi connectivity index (χ2n) is 10.9. The fourth-order valence-electron chi connectivity index (χ4n) is 4.70. The molecule has 0 bridgehead atoms. The van der Waals surface area contributed by atoms with E-state index in [1.807, 2.05) is 60.7 Å². The fraction of sp³-hybridized carbons (Fsp3) is 0.412. The van der Waals surface area contributed by atoms with Crippen LogP contribution in [0.5, 0.6) is 0 Å². The third kappa shape index (κ3) is 7.58. The molecule has 0 aromatic heterocycles. The average molecular weight is 547 g/mol. The summed E-state index contributed by atoms with van der Waals surface area (Å²) in [5.74, 6) is -0.790. The Morgan fingerprint density at radius 2 is 0.875 bits per heavy atom. The van der Waals surface area contributed by atoms with E-state index in [4.69, 9.17) is 9.47 Å². The van der Waals surface area contributed by atoms with Crippen molar-refractivity contribution in [1.82, 2.24) is 0 Å². The highest BCUT2D eigenvalue weighted by Crippen LogP contribution is 2.38. The normalized spacial score (nSPS) is 11.8. The van der Waals surface area contributed by atoms with Crippen LogP contribution in [0.4, 0.5) is 0 Å². The zero-order valence-electron chi connectivity index (χ0n) is 25.1. The SMILES string of the molecule is CC[N+](C)(CC)CCOC(=O)c1ccc(C(=O)OCC[N+](C)(CC)CC)c(-c2ccccc2)c1-c1ccccc1. The number of carbonyl (C=O) groups is 2. The minimum Gasteiger partial charge on any atom is -0.456 e. The summed E-state index contributed by atoms with van der Waals surface area (Å²) in [5, 5.41) is 0. The van der Waals surface area contributed by atoms with Crippen LogP contribution in [0.25, 0.3) is 22.3 Å². The number of hydrogen-bond acceptors (Lipinski definition) is 4. The smallest absolute Gasteiger partial charge is 0.338 e. The minimum absolute atomic E-state index is 0.321. The van der Waals surface area contributed by atoms with Crippen molar-refractivity contribution < 1.29 is 28.0 Å². The van der Waals surface area contributed by atoms with E-state index in [-0.39, 0.29) is 0 Å². The van der Waals surface area contributed by atoms with Gasteiger partial charge in [0.15, 0.2) is 0 Å². The van der Waals surface area contributed by atoms with E-state index < -0.39 is 11.9 Å². The summed E-state index contributed by atoms with van der Waals surface area (Å²) in [6.07, 6.45) is 0. The molecule has 0 saturated heterocycles. The predicted octanol–water partition coefficient (Wildman–Crippen LogP) is 6.31. The van der Waals surface area contributed by atoms with Gasteiger partial charge in [0.2, 0.25) is 0 Å². The van der Waals surface area contributed by atoms with E-state index in [9.17, 15) is 9.59 Å². The fourth-order valence-corrected chi connectivity index (χ4v) is 4.70. The number of ether oxygens (including phenoxy) is 2. The number of likely N-dealkylation sites (N-methyl/N-ethyl adjacent to an activating group) is 2. The third-order valence-corrected chi connectivity index (χ3v) is 8.55. The Kier molecular flexibility index (Phi) is 11.1. The van der Waals surface area contributed by atoms with Crippen LogP contribution in [0.3, 0.4) is 0 Å². The molecule has 0 spiro atoms. The van der Waals surface area contributed by atoms with Gasteiger partial charge in [-0.3, -0.25) is 0 Å². The van der Waals surface area contributed by atoms with Gasteiger partial charge in [-0.1, -0.05) is 60.7 Å². The molecule has 0 aliphatic heterocycles. The Balaban J connectivity index is 2.06. The maximum absolute atomic E-state index is 13.6. The summed E-state index contributed by atoms with van der Waals surface area (Å²) in [7, 11) is 4.33. The van der Waals surface area contributed by atoms with Crippen molar-refractivity contribution in [2.45, 2.75) is 27.7 Å². The summed E-state index contributed by atoms with van der Waals surface area (Å²) in [4.78, 5) is 27.1. The van der Waals surface area contributed by atoms with Gasteiger partial charge in [0, 0.05) is 11.1 Å². The molecule has 0 fully saturated rings. The Morgan fingerprint density at radius 1 is 0.550 bits per heavy atom. The van der Waals surface area contributed by atoms with E-state index in [0.717, 1.165) is 59.4 Å². The molecule has 40 heavy (non-hydrogen) atoms. The Bertz CT molecular complexity index is 1150. The van der Waals surface area contributed by atoms with Gasteiger partial charge in [0.25, 0.3) is 0 Å². The van der Waals surface area contributed by atoms with E-state index in [2.05, 4.69) is 41.8 Å². The number of esters is 2. The molecule has 0 aliphatic carbocycles. The zero-order valence-corrected chi connectivity index (χ0v) is 25.1. The molecular formula is C34H46N2O4+2. The number of carbonyl (C=O) groups excluding carboxylic acids is 2. The van der Waals surface area contributed by atoms with Crippen molar-refractivity contribution in [3.05, 3.63) is 83.9 Å². The Labute approximate surface area is 240 Å². The summed E-state index contributed by atoms with van der Waals surface area (Å²) in [6.45, 7) is 14.6. The zero-order chi connectivity index (χ0) is 29.2. The first-order chi connectivity index (χ1) is 19.2. The van der Waals surface area contributed by atoms with Crippen LogP contribution in [-0.4, -0.2) is 87.5 Å². The molecule has 6 nitrogen and oxygen atoms in total. The minimum atomic E-state index is -0.395. The molecule has 3 aromatic carbocycles. The lowest BCUT2D eigenvalue weighted by molar-refractivity contribution is -0.906. The van der Waals surface area contributed by atoms with Crippen molar-refractivity contribution in [3.63, 3.8) is 0 Å². The number of hydrogen-bond donors (Lipinski definition) is 0. The van der Waals surface area contributed by atoms with Crippen molar-refractivity contribution in [3.8, 4) is 22.3 Å². The summed E-state index contributed by atoms with van der Waals surface area (Å²) >= 11 is 0. The molecule has 0 atom stereocenters. The maximum atomic E-state index is 13.6. The van der Waals surface area contributed by atoms with E-state index in [1.165, 1.54) is 0 Å². The van der Waals surface area contributed by atoms with Crippen LogP contribution in [0.15, 0.2) is 72.8 Å². The van der Waals surface area contributed by atoms with Gasteiger partial charge in [0.1, 0.15) is 26.3 Å². The molecule has 0 amide bonds.